The number of hydrogen-bond donors (Lipinski definition) is 1. The lowest BCUT2D eigenvalue weighted by atomic mass is 9.78. The minimum atomic E-state index is 0.650. The highest BCUT2D eigenvalue weighted by Gasteiger charge is 2.34. The van der Waals surface area contributed by atoms with Crippen LogP contribution in [0.3, 0.4) is 0 Å². The number of methoxy groups -OCH3 is 1. The average Bonchev–Trinajstić information content (AvgIpc) is 2.73. The van der Waals surface area contributed by atoms with E-state index in [2.05, 4.69) is 23.2 Å². The van der Waals surface area contributed by atoms with Crippen molar-refractivity contribution in [3.63, 3.8) is 0 Å². The summed E-state index contributed by atoms with van der Waals surface area (Å²) in [6.07, 6.45) is 10.1. The minimum Gasteiger partial charge on any atom is -0.497 e. The summed E-state index contributed by atoms with van der Waals surface area (Å²) >= 11 is 0. The summed E-state index contributed by atoms with van der Waals surface area (Å²) in [7, 11) is 1.69. The molecular weight excluding hydrogens is 348 g/mol. The van der Waals surface area contributed by atoms with E-state index in [4.69, 9.17) is 14.7 Å². The van der Waals surface area contributed by atoms with Gasteiger partial charge in [-0.05, 0) is 50.2 Å². The van der Waals surface area contributed by atoms with Gasteiger partial charge in [-0.15, -0.1) is 0 Å². The third-order valence-electron chi connectivity index (χ3n) is 6.14. The van der Waals surface area contributed by atoms with Crippen molar-refractivity contribution < 1.29 is 4.74 Å². The van der Waals surface area contributed by atoms with E-state index in [1.807, 2.05) is 24.3 Å². The fraction of sp³-hybridized carbons (Fsp3) is 0.565. The lowest BCUT2D eigenvalue weighted by Crippen LogP contribution is -2.47. The van der Waals surface area contributed by atoms with Crippen LogP contribution < -0.4 is 15.0 Å². The molecule has 1 N–H and O–H groups in total. The minimum absolute atomic E-state index is 0.650. The normalized spacial score (nSPS) is 21.9. The van der Waals surface area contributed by atoms with E-state index in [1.165, 1.54) is 38.5 Å². The van der Waals surface area contributed by atoms with Crippen LogP contribution >= 0.6 is 0 Å². The van der Waals surface area contributed by atoms with Gasteiger partial charge in [0.25, 0.3) is 0 Å². The van der Waals surface area contributed by atoms with Crippen LogP contribution in [0.2, 0.25) is 0 Å². The van der Waals surface area contributed by atoms with Crippen molar-refractivity contribution in [1.82, 2.24) is 9.97 Å². The fourth-order valence-corrected chi connectivity index (χ4v) is 4.81. The Labute approximate surface area is 168 Å². The van der Waals surface area contributed by atoms with Gasteiger partial charge in [-0.25, -0.2) is 4.98 Å². The molecule has 1 aromatic carbocycles. The molecule has 1 saturated heterocycles. The molecule has 1 aromatic heterocycles. The summed E-state index contributed by atoms with van der Waals surface area (Å²) in [5, 5.41) is 3.40. The highest BCUT2D eigenvalue weighted by atomic mass is 16.5. The summed E-state index contributed by atoms with van der Waals surface area (Å²) in [5.41, 5.74) is 2.07. The van der Waals surface area contributed by atoms with Gasteiger partial charge in [0.15, 0.2) is 0 Å². The zero-order chi connectivity index (χ0) is 19.3. The van der Waals surface area contributed by atoms with Gasteiger partial charge >= 0.3 is 0 Å². The summed E-state index contributed by atoms with van der Waals surface area (Å²) in [6.45, 7) is 3.32. The van der Waals surface area contributed by atoms with E-state index in [1.54, 1.807) is 7.11 Å². The molecule has 5 heteroatoms. The van der Waals surface area contributed by atoms with Crippen LogP contribution in [0.5, 0.6) is 5.75 Å². The number of rotatable bonds is 6. The van der Waals surface area contributed by atoms with E-state index in [-0.39, 0.29) is 0 Å². The average molecular weight is 381 g/mol. The molecule has 0 bridgehead atoms. The van der Waals surface area contributed by atoms with Crippen molar-refractivity contribution in [2.45, 2.75) is 64.3 Å². The lowest BCUT2D eigenvalue weighted by Gasteiger charge is -2.44. The van der Waals surface area contributed by atoms with Crippen LogP contribution in [0, 0.1) is 5.92 Å². The van der Waals surface area contributed by atoms with Gasteiger partial charge in [-0.1, -0.05) is 32.3 Å². The Morgan fingerprint density at radius 3 is 2.82 bits per heavy atom. The Balaban J connectivity index is 1.63. The molecule has 2 aliphatic rings. The number of aryl methyl sites for hydroxylation is 1. The number of ether oxygens (including phenoxy) is 1. The van der Waals surface area contributed by atoms with Crippen LogP contribution in [0.1, 0.15) is 57.6 Å². The summed E-state index contributed by atoms with van der Waals surface area (Å²) in [5.74, 6) is 3.45. The van der Waals surface area contributed by atoms with Gasteiger partial charge < -0.3 is 15.0 Å². The van der Waals surface area contributed by atoms with Crippen LogP contribution in [-0.2, 0) is 6.42 Å². The first-order chi connectivity index (χ1) is 13.8. The largest absolute Gasteiger partial charge is 0.497 e. The quantitative estimate of drug-likeness (QED) is 0.733. The van der Waals surface area contributed by atoms with Crippen LogP contribution in [0.15, 0.2) is 30.3 Å². The number of fused-ring (bicyclic) bond motifs is 1. The maximum Gasteiger partial charge on any atom is 0.229 e. The zero-order valence-electron chi connectivity index (χ0n) is 17.2. The molecule has 0 spiro atoms. The molecule has 1 saturated carbocycles. The fourth-order valence-electron chi connectivity index (χ4n) is 4.81. The van der Waals surface area contributed by atoms with Crippen LogP contribution in [-0.4, -0.2) is 29.7 Å². The zero-order valence-corrected chi connectivity index (χ0v) is 17.2. The van der Waals surface area contributed by atoms with E-state index in [0.717, 1.165) is 48.3 Å². The summed E-state index contributed by atoms with van der Waals surface area (Å²) in [6, 6.07) is 10.8. The van der Waals surface area contributed by atoms with Gasteiger partial charge in [0.1, 0.15) is 11.6 Å². The molecule has 2 aromatic rings. The first-order valence-electron chi connectivity index (χ1n) is 10.8. The molecule has 28 heavy (non-hydrogen) atoms. The maximum absolute atomic E-state index is 5.34. The van der Waals surface area contributed by atoms with Crippen molar-refractivity contribution in [1.29, 1.82) is 0 Å². The van der Waals surface area contributed by atoms with Crippen LogP contribution in [0.25, 0.3) is 0 Å². The molecule has 4 rings (SSSR count). The number of aromatic nitrogens is 2. The Bertz CT molecular complexity index is 792. The third-order valence-corrected chi connectivity index (χ3v) is 6.14. The Kier molecular flexibility index (Phi) is 5.98. The first-order valence-corrected chi connectivity index (χ1v) is 10.8. The highest BCUT2D eigenvalue weighted by molar-refractivity contribution is 5.58. The molecule has 0 radical (unpaired) electrons. The van der Waals surface area contributed by atoms with Gasteiger partial charge in [0.05, 0.1) is 7.11 Å². The number of piperidine rings is 1. The molecular formula is C23H32N4O. The third kappa shape index (κ3) is 4.23. The van der Waals surface area contributed by atoms with Gasteiger partial charge in [0, 0.05) is 36.1 Å². The molecule has 1 aliphatic carbocycles. The monoisotopic (exact) mass is 380 g/mol. The molecule has 2 heterocycles. The van der Waals surface area contributed by atoms with E-state index >= 15 is 0 Å². The summed E-state index contributed by atoms with van der Waals surface area (Å²) in [4.78, 5) is 12.3. The predicted octanol–water partition coefficient (Wildman–Crippen LogP) is 5.34. The van der Waals surface area contributed by atoms with Crippen molar-refractivity contribution in [3.8, 4) is 5.75 Å². The number of benzene rings is 1. The summed E-state index contributed by atoms with van der Waals surface area (Å²) < 4.78 is 5.34. The maximum atomic E-state index is 5.34. The lowest BCUT2D eigenvalue weighted by molar-refractivity contribution is 0.242. The van der Waals surface area contributed by atoms with Gasteiger partial charge in [-0.3, -0.25) is 0 Å². The predicted molar refractivity (Wildman–Crippen MR) is 115 cm³/mol. The highest BCUT2D eigenvalue weighted by Crippen LogP contribution is 2.37. The second kappa shape index (κ2) is 8.80. The second-order valence-corrected chi connectivity index (χ2v) is 8.10. The number of nitrogens with one attached hydrogen (secondary N) is 1. The molecule has 0 amide bonds. The number of nitrogens with zero attached hydrogens (tertiary/aromatic N) is 3. The smallest absolute Gasteiger partial charge is 0.229 e. The van der Waals surface area contributed by atoms with Crippen molar-refractivity contribution >= 4 is 17.5 Å². The Morgan fingerprint density at radius 2 is 1.96 bits per heavy atom. The first kappa shape index (κ1) is 19.0. The molecule has 2 fully saturated rings. The van der Waals surface area contributed by atoms with E-state index in [9.17, 15) is 0 Å². The second-order valence-electron chi connectivity index (χ2n) is 8.10. The standard InChI is InChI=1S/C23H32N4O/c1-3-8-18-16-22(27-14-7-10-17-9-4-5-13-21(17)27)26-23(24-18)25-19-11-6-12-20(15-19)28-2/h6,11-12,15-17,21H,3-5,7-10,13-14H2,1-2H3,(H,24,25,26). The van der Waals surface area contributed by atoms with Gasteiger partial charge in [-0.2, -0.15) is 4.98 Å². The molecule has 2 unspecified atom stereocenters. The van der Waals surface area contributed by atoms with Crippen LogP contribution in [0.4, 0.5) is 17.5 Å². The van der Waals surface area contributed by atoms with E-state index in [0.29, 0.717) is 12.0 Å². The van der Waals surface area contributed by atoms with Crippen molar-refractivity contribution in [2.75, 3.05) is 23.9 Å². The number of anilines is 3. The molecule has 1 aliphatic heterocycles. The Hall–Kier alpha value is -2.30. The topological polar surface area (TPSA) is 50.3 Å². The van der Waals surface area contributed by atoms with Crippen molar-refractivity contribution in [3.05, 3.63) is 36.0 Å². The Morgan fingerprint density at radius 1 is 1.11 bits per heavy atom. The van der Waals surface area contributed by atoms with Crippen molar-refractivity contribution in [2.24, 2.45) is 5.92 Å². The molecule has 150 valence electrons. The number of hydrogen-bond acceptors (Lipinski definition) is 5. The molecule has 2 atom stereocenters. The molecule has 5 nitrogen and oxygen atoms in total. The SMILES string of the molecule is CCCc1cc(N2CCCC3CCCCC32)nc(Nc2cccc(OC)c2)n1. The van der Waals surface area contributed by atoms with Gasteiger partial charge in [0.2, 0.25) is 5.95 Å². The van der Waals surface area contributed by atoms with E-state index < -0.39 is 0 Å².